The van der Waals surface area contributed by atoms with Gasteiger partial charge in [0, 0.05) is 40.6 Å². The lowest BCUT2D eigenvalue weighted by molar-refractivity contribution is -0.123. The molecule has 17 heteroatoms. The van der Waals surface area contributed by atoms with Gasteiger partial charge in [-0.1, -0.05) is 114 Å². The molecule has 4 heterocycles. The Morgan fingerprint density at radius 1 is 0.583 bits per heavy atom. The normalized spacial score (nSPS) is 18.3. The van der Waals surface area contributed by atoms with Crippen molar-refractivity contribution in [2.45, 2.75) is 20.8 Å². The number of thioether (sulfide) groups is 2. The van der Waals surface area contributed by atoms with E-state index >= 15 is 0 Å². The van der Waals surface area contributed by atoms with E-state index in [0.717, 1.165) is 29.1 Å². The van der Waals surface area contributed by atoms with Gasteiger partial charge in [0.15, 0.2) is 0 Å². The molecule has 4 aliphatic heterocycles. The van der Waals surface area contributed by atoms with Crippen LogP contribution in [0.4, 0.5) is 22.7 Å². The topological polar surface area (TPSA) is 139 Å². The number of rotatable bonds is 8. The molecule has 8 rings (SSSR count). The summed E-state index contributed by atoms with van der Waals surface area (Å²) in [5, 5.41) is 6.07. The second kappa shape index (κ2) is 17.9. The van der Waals surface area contributed by atoms with Crippen LogP contribution in [0.1, 0.15) is 30.5 Å². The summed E-state index contributed by atoms with van der Waals surface area (Å²) in [6.45, 7) is 6.14. The summed E-state index contributed by atoms with van der Waals surface area (Å²) in [6, 6.07) is 28.5. The monoisotopic (exact) mass is 894 g/mol. The summed E-state index contributed by atoms with van der Waals surface area (Å²) in [6.07, 6.45) is 0. The molecule has 60 heavy (non-hydrogen) atoms. The van der Waals surface area contributed by atoms with Crippen molar-refractivity contribution in [2.24, 2.45) is 0 Å². The summed E-state index contributed by atoms with van der Waals surface area (Å²) >= 11 is 18.8. The number of aryl methyl sites for hydroxylation is 1. The van der Waals surface area contributed by atoms with Crippen molar-refractivity contribution in [2.75, 3.05) is 46.6 Å². The third kappa shape index (κ3) is 8.38. The molecule has 4 aromatic rings. The van der Waals surface area contributed by atoms with Crippen LogP contribution < -0.4 is 20.4 Å². The molecule has 4 aliphatic rings. The molecule has 0 aliphatic carbocycles. The molecule has 12 nitrogen and oxygen atoms in total. The van der Waals surface area contributed by atoms with Crippen LogP contribution in [0.25, 0.3) is 11.1 Å². The molecule has 0 spiro atoms. The molecule has 6 amide bonds. The van der Waals surface area contributed by atoms with E-state index in [1.54, 1.807) is 72.8 Å². The highest BCUT2D eigenvalue weighted by Gasteiger charge is 2.43. The number of para-hydroxylation sites is 2. The van der Waals surface area contributed by atoms with Crippen molar-refractivity contribution in [1.29, 1.82) is 0 Å². The van der Waals surface area contributed by atoms with Gasteiger partial charge < -0.3 is 10.6 Å². The zero-order valence-corrected chi connectivity index (χ0v) is 36.3. The van der Waals surface area contributed by atoms with Crippen molar-refractivity contribution in [3.05, 3.63) is 129 Å². The first-order chi connectivity index (χ1) is 28.8. The molecule has 0 bridgehead atoms. The minimum Gasteiger partial charge on any atom is -0.325 e. The molecule has 2 saturated heterocycles. The number of likely N-dealkylation sites (N-methyl/N-ethyl adjacent to an activating group) is 2. The van der Waals surface area contributed by atoms with E-state index in [1.807, 2.05) is 45.0 Å². The summed E-state index contributed by atoms with van der Waals surface area (Å²) in [4.78, 5) is 83.8. The quantitative estimate of drug-likeness (QED) is 0.135. The van der Waals surface area contributed by atoms with Crippen LogP contribution in [0.5, 0.6) is 0 Å². The van der Waals surface area contributed by atoms with E-state index in [0.29, 0.717) is 76.0 Å². The Morgan fingerprint density at radius 3 is 1.43 bits per heavy atom. The fourth-order valence-corrected chi connectivity index (χ4v) is 10.0. The summed E-state index contributed by atoms with van der Waals surface area (Å²) in [5.41, 5.74) is 5.28. The molecule has 0 aromatic heterocycles. The number of anilines is 4. The van der Waals surface area contributed by atoms with Crippen LogP contribution in [-0.4, -0.2) is 80.1 Å². The van der Waals surface area contributed by atoms with Gasteiger partial charge >= 0.3 is 0 Å². The van der Waals surface area contributed by atoms with Gasteiger partial charge in [0.05, 0.1) is 32.3 Å². The van der Waals surface area contributed by atoms with Gasteiger partial charge in [0.2, 0.25) is 11.8 Å². The van der Waals surface area contributed by atoms with E-state index in [1.165, 1.54) is 19.6 Å². The Labute approximate surface area is 370 Å². The second-order valence-electron chi connectivity index (χ2n) is 13.5. The van der Waals surface area contributed by atoms with Gasteiger partial charge in [-0.2, -0.15) is 0 Å². The Kier molecular flexibility index (Phi) is 12.7. The number of carbonyl (C=O) groups is 6. The third-order valence-corrected chi connectivity index (χ3v) is 12.8. The highest BCUT2D eigenvalue weighted by Crippen LogP contribution is 2.46. The Hall–Kier alpha value is -5.65. The van der Waals surface area contributed by atoms with Crippen LogP contribution in [0.3, 0.4) is 0 Å². The number of amides is 6. The second-order valence-corrected chi connectivity index (χ2v) is 17.3. The maximum absolute atomic E-state index is 13.3. The number of hydrogen-bond acceptors (Lipinski definition) is 10. The third-order valence-electron chi connectivity index (χ3n) is 9.64. The van der Waals surface area contributed by atoms with Gasteiger partial charge in [0.25, 0.3) is 23.6 Å². The van der Waals surface area contributed by atoms with Crippen molar-refractivity contribution in [1.82, 2.24) is 9.80 Å². The van der Waals surface area contributed by atoms with Crippen LogP contribution in [-0.2, 0) is 28.8 Å². The Balaban J connectivity index is 0.000000181. The lowest BCUT2D eigenvalue weighted by Gasteiger charge is -2.17. The van der Waals surface area contributed by atoms with Crippen molar-refractivity contribution in [3.63, 3.8) is 0 Å². The van der Waals surface area contributed by atoms with E-state index in [2.05, 4.69) is 10.6 Å². The number of thiocarbonyl (C=S) groups is 2. The molecule has 2 N–H and O–H groups in total. The van der Waals surface area contributed by atoms with E-state index in [4.69, 9.17) is 36.0 Å². The van der Waals surface area contributed by atoms with Gasteiger partial charge in [0.1, 0.15) is 21.7 Å². The van der Waals surface area contributed by atoms with Crippen LogP contribution in [0.2, 0.25) is 5.02 Å². The number of nitrogens with zero attached hydrogens (tertiary/aromatic N) is 4. The molecule has 2 fully saturated rings. The van der Waals surface area contributed by atoms with Gasteiger partial charge in [-0.15, -0.1) is 0 Å². The van der Waals surface area contributed by atoms with E-state index in [9.17, 15) is 28.8 Å². The zero-order chi connectivity index (χ0) is 42.8. The fraction of sp³-hybridized carbons (Fsp3) is 0.163. The molecular weight excluding hydrogens is 860 g/mol. The SMILES string of the molecule is CCN1C(=O)/C(=C2/C(=O)N(CC(=O)Nc3cccc(C)c3)c3ccccc32)SC1=S.CCN1C(=O)/C(=C2/C(=O)N(CC(=O)Nc3cccc(Cl)c3)c3ccccc32)SC1=S. The molecule has 0 saturated carbocycles. The lowest BCUT2D eigenvalue weighted by atomic mass is 10.1. The number of fused-ring (bicyclic) bond motifs is 2. The predicted octanol–water partition coefficient (Wildman–Crippen LogP) is 7.49. The van der Waals surface area contributed by atoms with Gasteiger partial charge in [-0.25, -0.2) is 0 Å². The predicted molar refractivity (Wildman–Crippen MR) is 246 cm³/mol. The van der Waals surface area contributed by atoms with E-state index < -0.39 is 5.91 Å². The highest BCUT2D eigenvalue weighted by molar-refractivity contribution is 8.27. The minimum absolute atomic E-state index is 0.151. The first-order valence-electron chi connectivity index (χ1n) is 18.6. The molecule has 0 unspecified atom stereocenters. The first kappa shape index (κ1) is 42.5. The number of benzene rings is 4. The average Bonchev–Trinajstić information content (AvgIpc) is 3.86. The first-order valence-corrected chi connectivity index (χ1v) is 21.4. The van der Waals surface area contributed by atoms with Crippen molar-refractivity contribution < 1.29 is 28.8 Å². The molecule has 0 atom stereocenters. The maximum Gasteiger partial charge on any atom is 0.266 e. The van der Waals surface area contributed by atoms with Crippen molar-refractivity contribution in [3.8, 4) is 0 Å². The molecular formula is C43H35ClN6O6S4. The largest absolute Gasteiger partial charge is 0.325 e. The number of carbonyl (C=O) groups excluding carboxylic acids is 6. The Bertz CT molecular complexity index is 2440. The van der Waals surface area contributed by atoms with Gasteiger partial charge in [-0.3, -0.25) is 48.4 Å². The zero-order valence-electron chi connectivity index (χ0n) is 32.3. The summed E-state index contributed by atoms with van der Waals surface area (Å²) in [5.74, 6) is -2.00. The minimum atomic E-state index is -0.394. The average molecular weight is 896 g/mol. The summed E-state index contributed by atoms with van der Waals surface area (Å²) < 4.78 is 0.860. The maximum atomic E-state index is 13.3. The van der Waals surface area contributed by atoms with E-state index in [-0.39, 0.29) is 48.2 Å². The Morgan fingerprint density at radius 2 is 1.02 bits per heavy atom. The number of hydrogen-bond donors (Lipinski definition) is 2. The van der Waals surface area contributed by atoms with Crippen LogP contribution >= 0.6 is 59.6 Å². The number of nitrogens with one attached hydrogen (secondary N) is 2. The van der Waals surface area contributed by atoms with Gasteiger partial charge in [-0.05, 0) is 68.8 Å². The number of halogens is 1. The molecule has 304 valence electrons. The molecule has 4 aromatic carbocycles. The van der Waals surface area contributed by atoms with Crippen molar-refractivity contribution >= 4 is 138 Å². The highest BCUT2D eigenvalue weighted by atomic mass is 35.5. The lowest BCUT2D eigenvalue weighted by Crippen LogP contribution is -2.35. The molecule has 0 radical (unpaired) electrons. The standard InChI is InChI=1S/C22H19N3O3S2.C21H16ClN3O3S2/c1-3-24-21(28)19(30-22(24)29)18-15-9-4-5-10-16(15)25(20(18)27)12-17(26)23-14-8-6-7-13(2)11-14;1-2-24-20(28)18(30-21(24)29)17-14-8-3-4-9-15(14)25(19(17)27)11-16(26)23-13-7-5-6-12(22)10-13/h4-11H,3,12H2,1-2H3,(H,23,26);3-10H,2,11H2,1H3,(H,23,26)/b19-18-;18-17-. The fourth-order valence-electron chi connectivity index (χ4n) is 6.93. The van der Waals surface area contributed by atoms with Crippen LogP contribution in [0.15, 0.2) is 107 Å². The van der Waals surface area contributed by atoms with Crippen LogP contribution in [0, 0.1) is 6.92 Å². The smallest absolute Gasteiger partial charge is 0.266 e. The summed E-state index contributed by atoms with van der Waals surface area (Å²) in [7, 11) is 0.